The predicted octanol–water partition coefficient (Wildman–Crippen LogP) is 3.39. The lowest BCUT2D eigenvalue weighted by Crippen LogP contribution is -2.47. The zero-order chi connectivity index (χ0) is 35.6. The molecule has 0 aromatic heterocycles. The van der Waals surface area contributed by atoms with Crippen LogP contribution in [0.15, 0.2) is 60.6 Å². The van der Waals surface area contributed by atoms with E-state index in [0.29, 0.717) is 22.5 Å². The van der Waals surface area contributed by atoms with E-state index >= 15 is 0 Å². The van der Waals surface area contributed by atoms with Gasteiger partial charge in [0.2, 0.25) is 17.7 Å². The molecule has 16 heteroatoms. The van der Waals surface area contributed by atoms with Crippen molar-refractivity contribution in [1.82, 2.24) is 15.5 Å². The van der Waals surface area contributed by atoms with Gasteiger partial charge in [-0.25, -0.2) is 9.59 Å². The van der Waals surface area contributed by atoms with E-state index in [0.717, 1.165) is 18.0 Å². The third kappa shape index (κ3) is 11.3. The normalized spacial score (nSPS) is 15.5. The Morgan fingerprint density at radius 2 is 1.65 bits per heavy atom. The van der Waals surface area contributed by atoms with Crippen LogP contribution in [-0.4, -0.2) is 73.3 Å². The van der Waals surface area contributed by atoms with Gasteiger partial charge in [0.1, 0.15) is 18.1 Å². The summed E-state index contributed by atoms with van der Waals surface area (Å²) in [5.41, 5.74) is 1.78. The van der Waals surface area contributed by atoms with Crippen molar-refractivity contribution < 1.29 is 39.1 Å². The Kier molecular flexibility index (Phi) is 12.9. The predicted molar refractivity (Wildman–Crippen MR) is 179 cm³/mol. The van der Waals surface area contributed by atoms with Gasteiger partial charge in [0.15, 0.2) is 5.82 Å². The Hall–Kier alpha value is -5.12. The maximum Gasteiger partial charge on any atom is 0.327 e. The average molecular weight is 685 g/mol. The molecule has 0 fully saturated rings. The summed E-state index contributed by atoms with van der Waals surface area (Å²) in [5.74, 6) is -3.82. The van der Waals surface area contributed by atoms with Gasteiger partial charge in [0, 0.05) is 37.0 Å². The Balaban J connectivity index is 1.68. The summed E-state index contributed by atoms with van der Waals surface area (Å²) >= 11 is 1.13. The highest BCUT2D eigenvalue weighted by atomic mass is 32.2. The summed E-state index contributed by atoms with van der Waals surface area (Å²) in [6.45, 7) is 6.89. The van der Waals surface area contributed by atoms with Gasteiger partial charge >= 0.3 is 11.9 Å². The number of thioether (sulfide) groups is 1. The number of benzene rings is 2. The Bertz CT molecular complexity index is 1560. The van der Waals surface area contributed by atoms with Crippen molar-refractivity contribution in [1.29, 1.82) is 0 Å². The number of rotatable bonds is 16. The van der Waals surface area contributed by atoms with Crippen LogP contribution in [0, 0.1) is 15.5 Å². The van der Waals surface area contributed by atoms with Gasteiger partial charge in [0.05, 0.1) is 4.92 Å². The fraction of sp³-hybridized carbons (Fsp3) is 0.406. The first-order chi connectivity index (χ1) is 22.5. The van der Waals surface area contributed by atoms with Gasteiger partial charge in [-0.2, -0.15) is 11.8 Å². The van der Waals surface area contributed by atoms with Crippen LogP contribution in [0.3, 0.4) is 0 Å². The molecule has 0 bridgehead atoms. The zero-order valence-electron chi connectivity index (χ0n) is 27.0. The van der Waals surface area contributed by atoms with Crippen LogP contribution in [0.1, 0.15) is 57.7 Å². The summed E-state index contributed by atoms with van der Waals surface area (Å²) in [4.78, 5) is 73.9. The van der Waals surface area contributed by atoms with Gasteiger partial charge in [-0.1, -0.05) is 45.0 Å². The lowest BCUT2D eigenvalue weighted by atomic mass is 9.92. The second kappa shape index (κ2) is 16.6. The van der Waals surface area contributed by atoms with Crippen molar-refractivity contribution in [3.8, 4) is 0 Å². The molecule has 0 spiro atoms. The number of carboxylic acid groups (broad SMARTS) is 2. The monoisotopic (exact) mass is 684 g/mol. The minimum atomic E-state index is -1.33. The van der Waals surface area contributed by atoms with Gasteiger partial charge in [-0.3, -0.25) is 24.5 Å². The first-order valence-electron chi connectivity index (χ1n) is 15.0. The number of nitrogens with one attached hydrogen (secondary N) is 4. The van der Waals surface area contributed by atoms with Crippen LogP contribution in [-0.2, 0) is 30.5 Å². The summed E-state index contributed by atoms with van der Waals surface area (Å²) in [5, 5.41) is 41.5. The SMILES string of the molecule is CC(=O)N1Cc2cc(NC(=C[N+](=O)[O-])Nc3ccccc3)ccc2C1C(=O)NC(CCSCC(NC(=O)CC(C)(C)C)C(=O)O)C(=O)O. The zero-order valence-corrected chi connectivity index (χ0v) is 27.8. The van der Waals surface area contributed by atoms with Crippen molar-refractivity contribution in [3.05, 3.63) is 81.8 Å². The molecule has 2 aromatic carbocycles. The van der Waals surface area contributed by atoms with E-state index in [-0.39, 0.29) is 42.1 Å². The molecule has 0 saturated heterocycles. The number of hydrogen-bond acceptors (Lipinski definition) is 10. The molecule has 1 heterocycles. The van der Waals surface area contributed by atoms with E-state index in [1.165, 1.54) is 11.8 Å². The molecule has 48 heavy (non-hydrogen) atoms. The average Bonchev–Trinajstić information content (AvgIpc) is 3.36. The number of carbonyl (C=O) groups excluding carboxylic acids is 3. The Morgan fingerprint density at radius 3 is 2.23 bits per heavy atom. The Morgan fingerprint density at radius 1 is 1.00 bits per heavy atom. The van der Waals surface area contributed by atoms with Crippen LogP contribution < -0.4 is 21.3 Å². The highest BCUT2D eigenvalue weighted by molar-refractivity contribution is 7.99. The molecule has 1 aliphatic rings. The first kappa shape index (κ1) is 37.3. The fourth-order valence-corrected chi connectivity index (χ4v) is 5.98. The number of nitro groups is 1. The van der Waals surface area contributed by atoms with Gasteiger partial charge in [0.25, 0.3) is 6.20 Å². The topological polar surface area (TPSA) is 220 Å². The molecule has 1 aliphatic heterocycles. The minimum absolute atomic E-state index is 0.00454. The molecular weight excluding hydrogens is 644 g/mol. The second-order valence-electron chi connectivity index (χ2n) is 12.4. The number of hydrogen-bond donors (Lipinski definition) is 6. The maximum atomic E-state index is 13.5. The fourth-order valence-electron chi connectivity index (χ4n) is 4.95. The van der Waals surface area contributed by atoms with Gasteiger partial charge in [-0.15, -0.1) is 0 Å². The minimum Gasteiger partial charge on any atom is -0.480 e. The molecule has 15 nitrogen and oxygen atoms in total. The number of aliphatic carboxylic acids is 2. The Labute approximate surface area is 281 Å². The van der Waals surface area contributed by atoms with Crippen molar-refractivity contribution in [2.24, 2.45) is 5.41 Å². The summed E-state index contributed by atoms with van der Waals surface area (Å²) in [7, 11) is 0. The number of anilines is 2. The van der Waals surface area contributed by atoms with Crippen LogP contribution in [0.2, 0.25) is 0 Å². The molecular formula is C32H40N6O9S. The standard InChI is InChI=1S/C32H40N6O9S/c1-19(39)37-16-20-14-22(34-26(17-38(46)47)33-21-8-6-5-7-9-21)10-11-23(20)28(37)29(41)36-24(30(42)43)12-13-48-18-25(31(44)45)35-27(40)15-32(2,3)4/h5-11,14,17,24-25,28,33-34H,12-13,15-16,18H2,1-4H3,(H,35,40)(H,36,41)(H,42,43)(H,44,45). The third-order valence-electron chi connectivity index (χ3n) is 7.08. The molecule has 3 amide bonds. The lowest BCUT2D eigenvalue weighted by Gasteiger charge is -2.25. The third-order valence-corrected chi connectivity index (χ3v) is 8.18. The first-order valence-corrected chi connectivity index (χ1v) is 16.2. The molecule has 3 unspecified atom stereocenters. The molecule has 3 rings (SSSR count). The van der Waals surface area contributed by atoms with Gasteiger partial charge in [-0.05, 0) is 53.0 Å². The number of carboxylic acids is 2. The molecule has 258 valence electrons. The van der Waals surface area contributed by atoms with E-state index in [1.807, 2.05) is 20.8 Å². The van der Waals surface area contributed by atoms with Crippen LogP contribution >= 0.6 is 11.8 Å². The van der Waals surface area contributed by atoms with Crippen molar-refractivity contribution in [2.75, 3.05) is 22.1 Å². The van der Waals surface area contributed by atoms with Crippen molar-refractivity contribution >= 4 is 52.8 Å². The van der Waals surface area contributed by atoms with Crippen LogP contribution in [0.5, 0.6) is 0 Å². The highest BCUT2D eigenvalue weighted by Gasteiger charge is 2.38. The van der Waals surface area contributed by atoms with E-state index in [9.17, 15) is 44.3 Å². The van der Waals surface area contributed by atoms with E-state index in [4.69, 9.17) is 0 Å². The van der Waals surface area contributed by atoms with Gasteiger partial charge < -0.3 is 36.4 Å². The van der Waals surface area contributed by atoms with Crippen molar-refractivity contribution in [3.63, 3.8) is 0 Å². The van der Waals surface area contributed by atoms with Crippen LogP contribution in [0.25, 0.3) is 0 Å². The van der Waals surface area contributed by atoms with Crippen molar-refractivity contribution in [2.45, 2.75) is 65.2 Å². The molecule has 0 aliphatic carbocycles. The van der Waals surface area contributed by atoms with E-state index in [2.05, 4.69) is 21.3 Å². The molecule has 3 atom stereocenters. The molecule has 0 radical (unpaired) electrons. The van der Waals surface area contributed by atoms with E-state index in [1.54, 1.807) is 48.5 Å². The lowest BCUT2D eigenvalue weighted by molar-refractivity contribution is -0.403. The molecule has 0 saturated carbocycles. The second-order valence-corrected chi connectivity index (χ2v) is 13.5. The number of nitrogens with zero attached hydrogens (tertiary/aromatic N) is 2. The van der Waals surface area contributed by atoms with Crippen LogP contribution in [0.4, 0.5) is 11.4 Å². The highest BCUT2D eigenvalue weighted by Crippen LogP contribution is 2.36. The summed E-state index contributed by atoms with van der Waals surface area (Å²) < 4.78 is 0. The number of carbonyl (C=O) groups is 5. The largest absolute Gasteiger partial charge is 0.480 e. The summed E-state index contributed by atoms with van der Waals surface area (Å²) in [6.07, 6.45) is 0.864. The number of amides is 3. The quantitative estimate of drug-likeness (QED) is 0.0851. The number of para-hydroxylation sites is 1. The summed E-state index contributed by atoms with van der Waals surface area (Å²) in [6, 6.07) is 10.0. The molecule has 6 N–H and O–H groups in total. The molecule has 2 aromatic rings. The maximum absolute atomic E-state index is 13.5. The number of fused-ring (bicyclic) bond motifs is 1. The smallest absolute Gasteiger partial charge is 0.327 e. The van der Waals surface area contributed by atoms with E-state index < -0.39 is 52.7 Å².